The first-order chi connectivity index (χ1) is 12.2. The van der Waals surface area contributed by atoms with Crippen molar-refractivity contribution in [3.05, 3.63) is 17.0 Å². The van der Waals surface area contributed by atoms with Gasteiger partial charge < -0.3 is 14.7 Å². The van der Waals surface area contributed by atoms with Crippen molar-refractivity contribution < 1.29 is 14.6 Å². The van der Waals surface area contributed by atoms with Crippen LogP contribution in [0.1, 0.15) is 40.5 Å². The van der Waals surface area contributed by atoms with E-state index in [-0.39, 0.29) is 18.4 Å². The molecule has 1 amide bonds. The molecule has 1 saturated carbocycles. The zero-order valence-electron chi connectivity index (χ0n) is 14.9. The lowest BCUT2D eigenvalue weighted by molar-refractivity contribution is 0.0264. The van der Waals surface area contributed by atoms with E-state index in [0.29, 0.717) is 18.4 Å². The largest absolute Gasteiger partial charge is 0.396 e. The second kappa shape index (κ2) is 7.05. The molecular formula is C18H28N4O3. The minimum absolute atomic E-state index is 0.0797. The molecular weight excluding hydrogens is 320 g/mol. The van der Waals surface area contributed by atoms with E-state index >= 15 is 0 Å². The Hall–Kier alpha value is -1.44. The highest BCUT2D eigenvalue weighted by Gasteiger charge is 2.39. The number of aliphatic hydroxyl groups is 1. The Labute approximate surface area is 148 Å². The lowest BCUT2D eigenvalue weighted by Gasteiger charge is -2.30. The topological polar surface area (TPSA) is 81.7 Å². The van der Waals surface area contributed by atoms with Crippen molar-refractivity contribution in [3.63, 3.8) is 0 Å². The number of ether oxygens (including phenoxy) is 1. The zero-order chi connectivity index (χ0) is 17.4. The van der Waals surface area contributed by atoms with Crippen LogP contribution in [0, 0.1) is 18.8 Å². The molecule has 7 heteroatoms. The number of morpholine rings is 1. The third-order valence-corrected chi connectivity index (χ3v) is 5.85. The van der Waals surface area contributed by atoms with E-state index in [1.54, 1.807) is 0 Å². The fraction of sp³-hybridized carbons (Fsp3) is 0.778. The molecule has 0 unspecified atom stereocenters. The average molecular weight is 348 g/mol. The summed E-state index contributed by atoms with van der Waals surface area (Å²) in [5.41, 5.74) is 2.58. The summed E-state index contributed by atoms with van der Waals surface area (Å²) in [5.74, 6) is 1.01. The van der Waals surface area contributed by atoms with E-state index in [0.717, 1.165) is 69.2 Å². The lowest BCUT2D eigenvalue weighted by atomic mass is 9.96. The molecule has 2 aliphatic heterocycles. The lowest BCUT2D eigenvalue weighted by Crippen LogP contribution is -2.41. The smallest absolute Gasteiger partial charge is 0.257 e. The number of amides is 1. The van der Waals surface area contributed by atoms with Gasteiger partial charge in [-0.1, -0.05) is 0 Å². The van der Waals surface area contributed by atoms with Crippen LogP contribution < -0.4 is 0 Å². The van der Waals surface area contributed by atoms with Crippen molar-refractivity contribution in [3.8, 4) is 0 Å². The Balaban J connectivity index is 1.46. The van der Waals surface area contributed by atoms with E-state index in [1.807, 2.05) is 11.8 Å². The molecule has 25 heavy (non-hydrogen) atoms. The van der Waals surface area contributed by atoms with Crippen LogP contribution in [0.15, 0.2) is 0 Å². The maximum absolute atomic E-state index is 13.1. The Morgan fingerprint density at radius 2 is 2.00 bits per heavy atom. The van der Waals surface area contributed by atoms with Crippen LogP contribution in [0.4, 0.5) is 0 Å². The van der Waals surface area contributed by atoms with Gasteiger partial charge in [-0.15, -0.1) is 0 Å². The molecule has 0 aromatic carbocycles. The predicted octanol–water partition coefficient (Wildman–Crippen LogP) is 0.608. The first kappa shape index (κ1) is 17.0. The zero-order valence-corrected chi connectivity index (χ0v) is 14.9. The van der Waals surface area contributed by atoms with Crippen molar-refractivity contribution in [2.75, 3.05) is 52.5 Å². The van der Waals surface area contributed by atoms with E-state index in [2.05, 4.69) is 15.1 Å². The number of H-pyrrole nitrogens is 1. The Kier molecular flexibility index (Phi) is 4.80. The summed E-state index contributed by atoms with van der Waals surface area (Å²) < 4.78 is 5.41. The number of likely N-dealkylation sites (tertiary alicyclic amines) is 1. The number of hydrogen-bond acceptors (Lipinski definition) is 5. The Morgan fingerprint density at radius 1 is 1.28 bits per heavy atom. The van der Waals surface area contributed by atoms with E-state index in [9.17, 15) is 9.90 Å². The van der Waals surface area contributed by atoms with Gasteiger partial charge in [-0.3, -0.25) is 14.8 Å². The van der Waals surface area contributed by atoms with Gasteiger partial charge in [0.15, 0.2) is 0 Å². The molecule has 3 aliphatic rings. The summed E-state index contributed by atoms with van der Waals surface area (Å²) in [6.45, 7) is 7.78. The van der Waals surface area contributed by atoms with Gasteiger partial charge in [-0.25, -0.2) is 0 Å². The van der Waals surface area contributed by atoms with Crippen molar-refractivity contribution in [1.29, 1.82) is 0 Å². The van der Waals surface area contributed by atoms with Gasteiger partial charge in [0.05, 0.1) is 24.5 Å². The van der Waals surface area contributed by atoms with Gasteiger partial charge in [0.25, 0.3) is 5.91 Å². The summed E-state index contributed by atoms with van der Waals surface area (Å²) in [7, 11) is 0. The minimum Gasteiger partial charge on any atom is -0.396 e. The minimum atomic E-state index is 0.0797. The normalized spacial score (nSPS) is 27.8. The highest BCUT2D eigenvalue weighted by Crippen LogP contribution is 2.41. The number of carbonyl (C=O) groups is 1. The number of rotatable bonds is 5. The summed E-state index contributed by atoms with van der Waals surface area (Å²) in [4.78, 5) is 17.5. The van der Waals surface area contributed by atoms with Crippen molar-refractivity contribution in [1.82, 2.24) is 20.0 Å². The molecule has 138 valence electrons. The standard InChI is InChI=1S/C18H28N4O3/c1-12-16(17(20-19-12)13-2-3-13)18(24)22-9-14(15(10-22)11-23)8-21-4-6-25-7-5-21/h13-15,23H,2-11H2,1H3,(H,19,20)/t14-,15-/m1/s1. The number of aromatic nitrogens is 2. The third-order valence-electron chi connectivity index (χ3n) is 5.85. The first-order valence-corrected chi connectivity index (χ1v) is 9.42. The molecule has 0 radical (unpaired) electrons. The summed E-state index contributed by atoms with van der Waals surface area (Å²) >= 11 is 0. The predicted molar refractivity (Wildman–Crippen MR) is 92.5 cm³/mol. The molecule has 2 saturated heterocycles. The number of aryl methyl sites for hydroxylation is 1. The number of nitrogens with one attached hydrogen (secondary N) is 1. The van der Waals surface area contributed by atoms with E-state index in [4.69, 9.17) is 4.74 Å². The summed E-state index contributed by atoms with van der Waals surface area (Å²) in [6, 6.07) is 0. The molecule has 3 heterocycles. The monoisotopic (exact) mass is 348 g/mol. The van der Waals surface area contributed by atoms with E-state index < -0.39 is 0 Å². The van der Waals surface area contributed by atoms with Crippen LogP contribution in [-0.2, 0) is 4.74 Å². The van der Waals surface area contributed by atoms with Crippen LogP contribution in [0.2, 0.25) is 0 Å². The molecule has 0 bridgehead atoms. The second-order valence-electron chi connectivity index (χ2n) is 7.71. The van der Waals surface area contributed by atoms with Gasteiger partial charge in [-0.2, -0.15) is 5.10 Å². The summed E-state index contributed by atoms with van der Waals surface area (Å²) in [6.07, 6.45) is 2.26. The molecule has 3 fully saturated rings. The molecule has 0 spiro atoms. The maximum Gasteiger partial charge on any atom is 0.257 e. The first-order valence-electron chi connectivity index (χ1n) is 9.42. The van der Waals surface area contributed by atoms with Crippen LogP contribution in [-0.4, -0.2) is 83.6 Å². The summed E-state index contributed by atoms with van der Waals surface area (Å²) in [5, 5.41) is 17.2. The van der Waals surface area contributed by atoms with Crippen molar-refractivity contribution >= 4 is 5.91 Å². The number of aromatic amines is 1. The SMILES string of the molecule is Cc1[nH]nc(C2CC2)c1C(=O)N1C[C@@H](CN2CCOCC2)[C@@H](CO)C1. The second-order valence-corrected chi connectivity index (χ2v) is 7.71. The molecule has 1 aromatic rings. The van der Waals surface area contributed by atoms with Crippen LogP contribution in [0.25, 0.3) is 0 Å². The molecule has 1 aromatic heterocycles. The number of nitrogens with zero attached hydrogens (tertiary/aromatic N) is 3. The van der Waals surface area contributed by atoms with Gasteiger partial charge in [0.1, 0.15) is 0 Å². The number of aliphatic hydroxyl groups excluding tert-OH is 1. The van der Waals surface area contributed by atoms with Crippen LogP contribution in [0.3, 0.4) is 0 Å². The number of hydrogen-bond donors (Lipinski definition) is 2. The maximum atomic E-state index is 13.1. The van der Waals surface area contributed by atoms with E-state index in [1.165, 1.54) is 0 Å². The molecule has 2 atom stereocenters. The fourth-order valence-corrected chi connectivity index (χ4v) is 4.16. The van der Waals surface area contributed by atoms with Crippen LogP contribution >= 0.6 is 0 Å². The van der Waals surface area contributed by atoms with Gasteiger partial charge in [-0.05, 0) is 25.7 Å². The highest BCUT2D eigenvalue weighted by atomic mass is 16.5. The quantitative estimate of drug-likeness (QED) is 0.815. The van der Waals surface area contributed by atoms with Gasteiger partial charge in [0.2, 0.25) is 0 Å². The van der Waals surface area contributed by atoms with Gasteiger partial charge >= 0.3 is 0 Å². The van der Waals surface area contributed by atoms with Crippen LogP contribution in [0.5, 0.6) is 0 Å². The highest BCUT2D eigenvalue weighted by molar-refractivity contribution is 5.97. The molecule has 7 nitrogen and oxygen atoms in total. The Bertz CT molecular complexity index is 622. The van der Waals surface area contributed by atoms with Gasteiger partial charge in [0, 0.05) is 56.9 Å². The fourth-order valence-electron chi connectivity index (χ4n) is 4.16. The van der Waals surface area contributed by atoms with Crippen molar-refractivity contribution in [2.45, 2.75) is 25.7 Å². The van der Waals surface area contributed by atoms with Crippen molar-refractivity contribution in [2.24, 2.45) is 11.8 Å². The molecule has 4 rings (SSSR count). The molecule has 2 N–H and O–H groups in total. The number of carbonyl (C=O) groups excluding carboxylic acids is 1. The average Bonchev–Trinajstić information content (AvgIpc) is 3.28. The molecule has 1 aliphatic carbocycles. The third kappa shape index (κ3) is 3.45. The Morgan fingerprint density at radius 3 is 2.68 bits per heavy atom.